The van der Waals surface area contributed by atoms with Crippen molar-refractivity contribution in [2.24, 2.45) is 0 Å². The van der Waals surface area contributed by atoms with Gasteiger partial charge in [0.2, 0.25) is 5.91 Å². The smallest absolute Gasteiger partial charge is 0.254 e. The Labute approximate surface area is 203 Å². The summed E-state index contributed by atoms with van der Waals surface area (Å²) in [6, 6.07) is 17.2. The van der Waals surface area contributed by atoms with Crippen LogP contribution in [-0.4, -0.2) is 54.8 Å². The van der Waals surface area contributed by atoms with Crippen molar-refractivity contribution in [2.45, 2.75) is 18.9 Å². The van der Waals surface area contributed by atoms with Crippen molar-refractivity contribution in [3.05, 3.63) is 86.6 Å². The molecule has 3 aromatic rings. The maximum Gasteiger partial charge on any atom is 0.254 e. The van der Waals surface area contributed by atoms with Gasteiger partial charge in [-0.25, -0.2) is 0 Å². The molecule has 5 nitrogen and oxygen atoms in total. The number of hydrogen-bond acceptors (Lipinski definition) is 4. The SMILES string of the molecule is Cc1ccc(Cl)cc1N1CCN(C(=O)[C@H]2c3ccccc3C(=O)N(C)[C@H]2c2cccs2)CC1. The zero-order valence-corrected chi connectivity index (χ0v) is 20.3. The fraction of sp³-hybridized carbons (Fsp3) is 0.308. The molecule has 2 atom stereocenters. The van der Waals surface area contributed by atoms with Crippen LogP contribution in [0.4, 0.5) is 5.69 Å². The van der Waals surface area contributed by atoms with Gasteiger partial charge in [0.05, 0.1) is 12.0 Å². The Balaban J connectivity index is 1.43. The Morgan fingerprint density at radius 1 is 1.03 bits per heavy atom. The number of likely N-dealkylation sites (N-methyl/N-ethyl adjacent to an activating group) is 1. The number of anilines is 1. The summed E-state index contributed by atoms with van der Waals surface area (Å²) in [5.74, 6) is -0.362. The monoisotopic (exact) mass is 479 g/mol. The van der Waals surface area contributed by atoms with E-state index in [-0.39, 0.29) is 17.9 Å². The molecule has 0 bridgehead atoms. The number of rotatable bonds is 3. The topological polar surface area (TPSA) is 43.9 Å². The van der Waals surface area contributed by atoms with E-state index in [1.807, 2.05) is 71.9 Å². The van der Waals surface area contributed by atoms with Crippen LogP contribution in [0.25, 0.3) is 0 Å². The van der Waals surface area contributed by atoms with Gasteiger partial charge in [-0.15, -0.1) is 11.3 Å². The quantitative estimate of drug-likeness (QED) is 0.532. The van der Waals surface area contributed by atoms with Crippen molar-refractivity contribution >= 4 is 40.4 Å². The average Bonchev–Trinajstić information content (AvgIpc) is 3.37. The number of thiophene rings is 1. The highest BCUT2D eigenvalue weighted by molar-refractivity contribution is 7.10. The Hall–Kier alpha value is -2.83. The minimum absolute atomic E-state index is 0.0331. The van der Waals surface area contributed by atoms with Crippen LogP contribution in [0.5, 0.6) is 0 Å². The summed E-state index contributed by atoms with van der Waals surface area (Å²) in [6.07, 6.45) is 0. The number of hydrogen-bond donors (Lipinski definition) is 0. The summed E-state index contributed by atoms with van der Waals surface area (Å²) in [4.78, 5) is 34.1. The maximum atomic E-state index is 14.0. The van der Waals surface area contributed by atoms with Gasteiger partial charge in [0, 0.05) is 54.4 Å². The normalized spacial score (nSPS) is 20.7. The summed E-state index contributed by atoms with van der Waals surface area (Å²) in [5.41, 5.74) is 3.76. The lowest BCUT2D eigenvalue weighted by molar-refractivity contribution is -0.134. The van der Waals surface area contributed by atoms with E-state index < -0.39 is 5.92 Å². The molecule has 0 N–H and O–H groups in total. The second-order valence-electron chi connectivity index (χ2n) is 8.68. The van der Waals surface area contributed by atoms with E-state index in [9.17, 15) is 9.59 Å². The molecule has 2 aromatic carbocycles. The highest BCUT2D eigenvalue weighted by atomic mass is 35.5. The molecule has 3 heterocycles. The molecule has 5 rings (SSSR count). The average molecular weight is 480 g/mol. The first-order chi connectivity index (χ1) is 16.0. The first-order valence-corrected chi connectivity index (χ1v) is 12.4. The maximum absolute atomic E-state index is 14.0. The van der Waals surface area contributed by atoms with E-state index in [0.29, 0.717) is 18.7 Å². The number of halogens is 1. The van der Waals surface area contributed by atoms with E-state index >= 15 is 0 Å². The van der Waals surface area contributed by atoms with Crippen LogP contribution in [-0.2, 0) is 4.79 Å². The van der Waals surface area contributed by atoms with Gasteiger partial charge in [0.1, 0.15) is 0 Å². The lowest BCUT2D eigenvalue weighted by Crippen LogP contribution is -2.53. The number of nitrogens with zero attached hydrogens (tertiary/aromatic N) is 3. The molecule has 1 fully saturated rings. The molecule has 7 heteroatoms. The van der Waals surface area contributed by atoms with Crippen molar-refractivity contribution in [1.29, 1.82) is 0 Å². The van der Waals surface area contributed by atoms with E-state index in [1.165, 1.54) is 5.56 Å². The number of fused-ring (bicyclic) bond motifs is 1. The number of amides is 2. The van der Waals surface area contributed by atoms with Gasteiger partial charge < -0.3 is 14.7 Å². The summed E-state index contributed by atoms with van der Waals surface area (Å²) in [5, 5.41) is 2.72. The molecule has 2 aliphatic heterocycles. The van der Waals surface area contributed by atoms with Gasteiger partial charge >= 0.3 is 0 Å². The molecule has 0 spiro atoms. The fourth-order valence-electron chi connectivity index (χ4n) is 5.04. The number of piperazine rings is 1. The third-order valence-electron chi connectivity index (χ3n) is 6.78. The van der Waals surface area contributed by atoms with Gasteiger partial charge in [0.25, 0.3) is 5.91 Å². The predicted molar refractivity (Wildman–Crippen MR) is 133 cm³/mol. The number of aryl methyl sites for hydroxylation is 1. The van der Waals surface area contributed by atoms with Crippen LogP contribution in [0.2, 0.25) is 5.02 Å². The highest BCUT2D eigenvalue weighted by Gasteiger charge is 2.44. The van der Waals surface area contributed by atoms with Crippen molar-refractivity contribution in [1.82, 2.24) is 9.80 Å². The third kappa shape index (κ3) is 3.91. The molecule has 33 heavy (non-hydrogen) atoms. The standard InChI is InChI=1S/C26H26ClN3O2S/c1-17-9-10-18(27)16-21(17)29-11-13-30(14-12-29)26(32)23-19-6-3-4-7-20(19)25(31)28(2)24(23)22-8-5-15-33-22/h3-10,15-16,23-24H,11-14H2,1-2H3/t23-,24-/m0/s1. The van der Waals surface area contributed by atoms with E-state index in [4.69, 9.17) is 11.6 Å². The van der Waals surface area contributed by atoms with Gasteiger partial charge in [-0.2, -0.15) is 0 Å². The molecule has 170 valence electrons. The van der Waals surface area contributed by atoms with Crippen LogP contribution >= 0.6 is 22.9 Å². The van der Waals surface area contributed by atoms with Crippen molar-refractivity contribution < 1.29 is 9.59 Å². The molecule has 1 saturated heterocycles. The van der Waals surface area contributed by atoms with Gasteiger partial charge in [0.15, 0.2) is 0 Å². The zero-order chi connectivity index (χ0) is 23.1. The summed E-state index contributed by atoms with van der Waals surface area (Å²) in [6.45, 7) is 4.86. The third-order valence-corrected chi connectivity index (χ3v) is 7.96. The largest absolute Gasteiger partial charge is 0.368 e. The molecular formula is C26H26ClN3O2S. The molecule has 0 radical (unpaired) electrons. The highest BCUT2D eigenvalue weighted by Crippen LogP contribution is 2.44. The summed E-state index contributed by atoms with van der Waals surface area (Å²) >= 11 is 7.83. The van der Waals surface area contributed by atoms with E-state index in [2.05, 4.69) is 11.8 Å². The van der Waals surface area contributed by atoms with Crippen LogP contribution in [0.1, 0.15) is 38.3 Å². The van der Waals surface area contributed by atoms with Crippen molar-refractivity contribution in [3.8, 4) is 0 Å². The van der Waals surface area contributed by atoms with Crippen LogP contribution in [0, 0.1) is 6.92 Å². The van der Waals surface area contributed by atoms with Crippen molar-refractivity contribution in [3.63, 3.8) is 0 Å². The Morgan fingerprint density at radius 3 is 2.52 bits per heavy atom. The van der Waals surface area contributed by atoms with Gasteiger partial charge in [-0.1, -0.05) is 41.9 Å². The molecule has 1 aromatic heterocycles. The van der Waals surface area contributed by atoms with Crippen LogP contribution in [0.15, 0.2) is 60.0 Å². The lowest BCUT2D eigenvalue weighted by atomic mass is 9.81. The molecule has 2 amide bonds. The van der Waals surface area contributed by atoms with Crippen LogP contribution < -0.4 is 4.90 Å². The number of carbonyl (C=O) groups is 2. The van der Waals surface area contributed by atoms with Gasteiger partial charge in [-0.3, -0.25) is 9.59 Å². The second-order valence-corrected chi connectivity index (χ2v) is 10.1. The summed E-state index contributed by atoms with van der Waals surface area (Å²) < 4.78 is 0. The van der Waals surface area contributed by atoms with Gasteiger partial charge in [-0.05, 0) is 47.7 Å². The molecule has 2 aliphatic rings. The Morgan fingerprint density at radius 2 is 1.79 bits per heavy atom. The number of benzene rings is 2. The first kappa shape index (κ1) is 22.0. The molecule has 0 unspecified atom stereocenters. The minimum atomic E-state index is -0.415. The lowest BCUT2D eigenvalue weighted by Gasteiger charge is -2.43. The van der Waals surface area contributed by atoms with Crippen molar-refractivity contribution in [2.75, 3.05) is 38.1 Å². The predicted octanol–water partition coefficient (Wildman–Crippen LogP) is 4.97. The Kier molecular flexibility index (Phi) is 5.89. The van der Waals surface area contributed by atoms with Crippen LogP contribution in [0.3, 0.4) is 0 Å². The zero-order valence-electron chi connectivity index (χ0n) is 18.7. The summed E-state index contributed by atoms with van der Waals surface area (Å²) in [7, 11) is 1.81. The van der Waals surface area contributed by atoms with E-state index in [1.54, 1.807) is 16.2 Å². The molecular weight excluding hydrogens is 454 g/mol. The van der Waals surface area contributed by atoms with E-state index in [0.717, 1.165) is 34.2 Å². The second kappa shape index (κ2) is 8.84. The molecule has 0 aliphatic carbocycles. The molecule has 0 saturated carbocycles. The Bertz CT molecular complexity index is 1190. The fourth-order valence-corrected chi connectivity index (χ4v) is 6.11. The minimum Gasteiger partial charge on any atom is -0.368 e. The first-order valence-electron chi connectivity index (χ1n) is 11.1. The number of carbonyl (C=O) groups excluding carboxylic acids is 2.